The Hall–Kier alpha value is -0.180. The van der Waals surface area contributed by atoms with Crippen LogP contribution in [0, 0.1) is 30.4 Å². The summed E-state index contributed by atoms with van der Waals surface area (Å²) < 4.78 is 27.2. The molecule has 1 aromatic carbocycles. The van der Waals surface area contributed by atoms with Crippen molar-refractivity contribution in [2.75, 3.05) is 5.75 Å². The highest BCUT2D eigenvalue weighted by Crippen LogP contribution is 2.43. The van der Waals surface area contributed by atoms with Gasteiger partial charge < -0.3 is 5.11 Å². The lowest BCUT2D eigenvalue weighted by Gasteiger charge is -2.23. The summed E-state index contributed by atoms with van der Waals surface area (Å²) in [4.78, 5) is 3.37. The Labute approximate surface area is 175 Å². The molecule has 142 valence electrons. The van der Waals surface area contributed by atoms with Crippen molar-refractivity contribution in [2.24, 2.45) is 11.8 Å². The molecule has 3 rings (SSSR count). The van der Waals surface area contributed by atoms with Crippen LogP contribution in [0.3, 0.4) is 0 Å². The van der Waals surface area contributed by atoms with E-state index in [1.165, 1.54) is 33.6 Å². The van der Waals surface area contributed by atoms with Gasteiger partial charge in [-0.2, -0.15) is 0 Å². The molecule has 6 heteroatoms. The van der Waals surface area contributed by atoms with E-state index in [4.69, 9.17) is 0 Å². The largest absolute Gasteiger partial charge is 0.393 e. The third-order valence-electron chi connectivity index (χ3n) is 5.01. The van der Waals surface area contributed by atoms with E-state index >= 15 is 0 Å². The van der Waals surface area contributed by atoms with Crippen molar-refractivity contribution in [1.29, 1.82) is 0 Å². The highest BCUT2D eigenvalue weighted by molar-refractivity contribution is 14.1. The fourth-order valence-corrected chi connectivity index (χ4v) is 7.29. The third-order valence-corrected chi connectivity index (χ3v) is 8.62. The molecule has 4 atom stereocenters. The Balaban J connectivity index is 1.56. The Kier molecular flexibility index (Phi) is 7.39. The molecule has 0 aliphatic heterocycles. The van der Waals surface area contributed by atoms with E-state index in [9.17, 15) is 13.9 Å². The van der Waals surface area contributed by atoms with E-state index in [1.807, 2.05) is 11.3 Å². The summed E-state index contributed by atoms with van der Waals surface area (Å²) in [6.07, 6.45) is 3.78. The molecule has 0 radical (unpaired) electrons. The molecule has 0 unspecified atom stereocenters. The van der Waals surface area contributed by atoms with Crippen molar-refractivity contribution in [3.63, 3.8) is 0 Å². The van der Waals surface area contributed by atoms with Crippen LogP contribution in [0.1, 0.15) is 29.0 Å². The molecule has 0 saturated heterocycles. The van der Waals surface area contributed by atoms with Crippen molar-refractivity contribution < 1.29 is 13.9 Å². The van der Waals surface area contributed by atoms with E-state index in [0.717, 1.165) is 31.7 Å². The molecular weight excluding hydrogens is 485 g/mol. The van der Waals surface area contributed by atoms with Crippen LogP contribution in [0.5, 0.6) is 0 Å². The first-order chi connectivity index (χ1) is 12.4. The van der Waals surface area contributed by atoms with E-state index in [-0.39, 0.29) is 12.0 Å². The summed E-state index contributed by atoms with van der Waals surface area (Å²) in [6, 6.07) is 7.99. The third kappa shape index (κ3) is 5.42. The maximum absolute atomic E-state index is 13.4. The summed E-state index contributed by atoms with van der Waals surface area (Å²) >= 11 is 5.76. The zero-order valence-electron chi connectivity index (χ0n) is 14.6. The number of hydrogen-bond donors (Lipinski definition) is 1. The number of halogens is 3. The molecule has 1 aliphatic rings. The lowest BCUT2D eigenvalue weighted by atomic mass is 9.91. The fourth-order valence-electron chi connectivity index (χ4n) is 3.70. The Morgan fingerprint density at radius 3 is 2.58 bits per heavy atom. The van der Waals surface area contributed by atoms with Gasteiger partial charge in [0.25, 0.3) is 0 Å². The van der Waals surface area contributed by atoms with Crippen LogP contribution in [0.4, 0.5) is 8.78 Å². The maximum atomic E-state index is 13.4. The minimum Gasteiger partial charge on any atom is -0.393 e. The zero-order chi connectivity index (χ0) is 18.7. The topological polar surface area (TPSA) is 20.2 Å². The highest BCUT2D eigenvalue weighted by Gasteiger charge is 2.40. The van der Waals surface area contributed by atoms with E-state index in [2.05, 4.69) is 41.6 Å². The summed E-state index contributed by atoms with van der Waals surface area (Å²) in [5.41, 5.74) is 0. The lowest BCUT2D eigenvalue weighted by Crippen LogP contribution is -2.23. The number of thioether (sulfide) groups is 1. The van der Waals surface area contributed by atoms with Crippen LogP contribution in [0.25, 0.3) is 0 Å². The van der Waals surface area contributed by atoms with Crippen molar-refractivity contribution in [1.82, 2.24) is 0 Å². The Bertz CT molecular complexity index is 716. The van der Waals surface area contributed by atoms with Crippen LogP contribution in [-0.2, 0) is 6.42 Å². The fraction of sp³-hybridized carbons (Fsp3) is 0.500. The number of alkyl halides is 1. The van der Waals surface area contributed by atoms with Gasteiger partial charge in [0.2, 0.25) is 0 Å². The number of aryl methyl sites for hydroxylation is 2. The second-order valence-corrected chi connectivity index (χ2v) is 11.0. The highest BCUT2D eigenvalue weighted by atomic mass is 127. The second kappa shape index (κ2) is 9.34. The molecule has 1 aromatic heterocycles. The first-order valence-electron chi connectivity index (χ1n) is 8.88. The monoisotopic (exact) mass is 508 g/mol. The normalized spacial score (nSPS) is 25.7. The van der Waals surface area contributed by atoms with Gasteiger partial charge in [0.05, 0.1) is 6.10 Å². The molecule has 2 aromatic rings. The second-order valence-electron chi connectivity index (χ2n) is 6.97. The molecule has 1 fully saturated rings. The molecule has 1 N–H and O–H groups in total. The van der Waals surface area contributed by atoms with Crippen LogP contribution < -0.4 is 0 Å². The van der Waals surface area contributed by atoms with Gasteiger partial charge in [-0.3, -0.25) is 0 Å². The van der Waals surface area contributed by atoms with Crippen molar-refractivity contribution in [3.05, 3.63) is 51.7 Å². The average Bonchev–Trinajstić information content (AvgIpc) is 3.08. The lowest BCUT2D eigenvalue weighted by molar-refractivity contribution is 0.128. The standard InChI is InChI=1S/C20H23F2IOS2/c1-12-5-6-15(26-12)3-2-4-17-18(20(24)10-19(17)23)11-25-16-8-13(21)7-14(22)9-16/h5-9,17-20,24H,2-4,10-11H2,1H3/t17-,18-,19-,20-/m1/s1. The Morgan fingerprint density at radius 2 is 1.92 bits per heavy atom. The number of benzene rings is 1. The zero-order valence-corrected chi connectivity index (χ0v) is 18.4. The summed E-state index contributed by atoms with van der Waals surface area (Å²) in [7, 11) is 0. The SMILES string of the molecule is Cc1ccc(CCC[C@@H]2[C@@H](CSc3cc(F)cc(F)c3)[C@H](O)C[C@H]2I)s1. The number of aliphatic hydroxyl groups excluding tert-OH is 1. The van der Waals surface area contributed by atoms with Gasteiger partial charge in [-0.1, -0.05) is 22.6 Å². The van der Waals surface area contributed by atoms with Gasteiger partial charge in [-0.15, -0.1) is 23.1 Å². The Morgan fingerprint density at radius 1 is 1.19 bits per heavy atom. The van der Waals surface area contributed by atoms with Gasteiger partial charge in [0, 0.05) is 30.4 Å². The molecule has 1 nitrogen and oxygen atoms in total. The van der Waals surface area contributed by atoms with E-state index in [0.29, 0.717) is 20.5 Å². The molecule has 0 bridgehead atoms. The first-order valence-corrected chi connectivity index (χ1v) is 11.9. The van der Waals surface area contributed by atoms with Gasteiger partial charge in [-0.25, -0.2) is 8.78 Å². The number of rotatable bonds is 7. The van der Waals surface area contributed by atoms with Crippen molar-refractivity contribution in [2.45, 2.75) is 47.5 Å². The molecule has 1 saturated carbocycles. The molecule has 1 heterocycles. The predicted molar refractivity (Wildman–Crippen MR) is 114 cm³/mol. The van der Waals surface area contributed by atoms with Gasteiger partial charge in [-0.05, 0) is 68.7 Å². The molecule has 0 spiro atoms. The summed E-state index contributed by atoms with van der Waals surface area (Å²) in [6.45, 7) is 2.13. The average molecular weight is 508 g/mol. The van der Waals surface area contributed by atoms with Crippen LogP contribution in [-0.4, -0.2) is 20.9 Å². The minimum absolute atomic E-state index is 0.179. The number of hydrogen-bond acceptors (Lipinski definition) is 3. The van der Waals surface area contributed by atoms with E-state index < -0.39 is 11.6 Å². The van der Waals surface area contributed by atoms with Crippen LogP contribution >= 0.6 is 45.7 Å². The summed E-state index contributed by atoms with van der Waals surface area (Å²) in [5.74, 6) is 0.241. The molecule has 26 heavy (non-hydrogen) atoms. The van der Waals surface area contributed by atoms with E-state index in [1.54, 1.807) is 0 Å². The molecule has 0 amide bonds. The minimum atomic E-state index is -0.547. The van der Waals surface area contributed by atoms with Crippen molar-refractivity contribution in [3.8, 4) is 0 Å². The molecule has 1 aliphatic carbocycles. The maximum Gasteiger partial charge on any atom is 0.127 e. The van der Waals surface area contributed by atoms with Crippen LogP contribution in [0.15, 0.2) is 35.2 Å². The van der Waals surface area contributed by atoms with Gasteiger partial charge in [0.15, 0.2) is 0 Å². The molecular formula is C20H23F2IOS2. The smallest absolute Gasteiger partial charge is 0.127 e. The quantitative estimate of drug-likeness (QED) is 0.271. The van der Waals surface area contributed by atoms with Gasteiger partial charge in [0.1, 0.15) is 11.6 Å². The summed E-state index contributed by atoms with van der Waals surface area (Å²) in [5, 5.41) is 10.5. The first kappa shape index (κ1) is 20.6. The number of thiophene rings is 1. The number of aliphatic hydroxyl groups is 1. The van der Waals surface area contributed by atoms with Crippen molar-refractivity contribution >= 4 is 45.7 Å². The van der Waals surface area contributed by atoms with Crippen LogP contribution in [0.2, 0.25) is 0 Å². The predicted octanol–water partition coefficient (Wildman–Crippen LogP) is 6.25. The van der Waals surface area contributed by atoms with Gasteiger partial charge >= 0.3 is 0 Å².